The molecular formula is C16H12Br2ClF6NO4S2V. The van der Waals surface area contributed by atoms with Crippen molar-refractivity contribution < 1.29 is 61.7 Å². The third kappa shape index (κ3) is 9.02. The standard InChI is InChI=1S/C9H9BrF3NO2S.C7H3BrClF3O2S.V/c1-14(2)17(15,16)8-5-6(9(11,12)13)3-4-7(8)10;8-5-2-1-4(7(10,11)12)3-6(5)15(9,13)14;/h3-5H,1-2H3;1-3H;. The molecule has 0 atom stereocenters. The molecule has 0 aliphatic heterocycles. The Balaban J connectivity index is 0.000000607. The Bertz CT molecular complexity index is 1210. The Morgan fingerprint density at radius 3 is 1.39 bits per heavy atom. The molecule has 0 spiro atoms. The van der Waals surface area contributed by atoms with Crippen molar-refractivity contribution in [2.45, 2.75) is 22.1 Å². The zero-order valence-electron chi connectivity index (χ0n) is 16.2. The third-order valence-electron chi connectivity index (χ3n) is 3.54. The molecule has 5 nitrogen and oxygen atoms in total. The molecule has 1 radical (unpaired) electrons. The number of hydrogen-bond acceptors (Lipinski definition) is 4. The van der Waals surface area contributed by atoms with Crippen molar-refractivity contribution in [3.8, 4) is 0 Å². The SMILES string of the molecule is CN(C)S(=O)(=O)c1cc(C(F)(F)F)ccc1Br.O=S(=O)(Cl)c1cc(C(F)(F)F)ccc1Br.[V]. The van der Waals surface area contributed by atoms with Crippen molar-refractivity contribution >= 4 is 61.6 Å². The average molecular weight is 707 g/mol. The fourth-order valence-electron chi connectivity index (χ4n) is 1.94. The summed E-state index contributed by atoms with van der Waals surface area (Å²) < 4.78 is 120. The normalized spacial score (nSPS) is 12.6. The Labute approximate surface area is 219 Å². The van der Waals surface area contributed by atoms with Gasteiger partial charge in [0.15, 0.2) is 0 Å². The fraction of sp³-hybridized carbons (Fsp3) is 0.250. The monoisotopic (exact) mass is 704 g/mol. The van der Waals surface area contributed by atoms with E-state index in [9.17, 15) is 43.2 Å². The topological polar surface area (TPSA) is 71.5 Å². The van der Waals surface area contributed by atoms with Gasteiger partial charge >= 0.3 is 12.4 Å². The molecule has 0 aromatic heterocycles. The molecule has 0 N–H and O–H groups in total. The molecule has 17 heteroatoms. The summed E-state index contributed by atoms with van der Waals surface area (Å²) >= 11 is 5.73. The third-order valence-corrected chi connectivity index (χ3v) is 8.66. The van der Waals surface area contributed by atoms with Crippen LogP contribution in [0.5, 0.6) is 0 Å². The number of nitrogens with zero attached hydrogens (tertiary/aromatic N) is 1. The fourth-order valence-corrected chi connectivity index (χ4v) is 5.90. The first-order valence-corrected chi connectivity index (χ1v) is 13.1. The molecule has 0 heterocycles. The minimum absolute atomic E-state index is 0. The molecule has 0 unspecified atom stereocenters. The van der Waals surface area contributed by atoms with Crippen LogP contribution in [-0.4, -0.2) is 35.2 Å². The first-order chi connectivity index (χ1) is 14.2. The molecule has 0 saturated carbocycles. The van der Waals surface area contributed by atoms with Gasteiger partial charge in [-0.25, -0.2) is 21.1 Å². The van der Waals surface area contributed by atoms with E-state index in [-0.39, 0.29) is 27.5 Å². The number of alkyl halides is 6. The predicted molar refractivity (Wildman–Crippen MR) is 112 cm³/mol. The van der Waals surface area contributed by atoms with Crippen LogP contribution in [0, 0.1) is 0 Å². The van der Waals surface area contributed by atoms with E-state index in [0.717, 1.165) is 28.6 Å². The molecular weight excluding hydrogens is 695 g/mol. The second-order valence-corrected chi connectivity index (χ2v) is 12.4. The van der Waals surface area contributed by atoms with Gasteiger partial charge in [-0.15, -0.1) is 0 Å². The number of halogens is 9. The maximum atomic E-state index is 12.5. The van der Waals surface area contributed by atoms with Gasteiger partial charge in [-0.05, 0) is 68.3 Å². The quantitative estimate of drug-likeness (QED) is 0.286. The number of hydrogen-bond donors (Lipinski definition) is 0. The van der Waals surface area contributed by atoms with Crippen LogP contribution in [0.25, 0.3) is 0 Å². The van der Waals surface area contributed by atoms with Crippen molar-refractivity contribution in [1.82, 2.24) is 4.31 Å². The van der Waals surface area contributed by atoms with Gasteiger partial charge in [-0.3, -0.25) is 0 Å². The number of sulfonamides is 1. The van der Waals surface area contributed by atoms with Crippen LogP contribution in [0.15, 0.2) is 55.1 Å². The number of benzene rings is 2. The molecule has 0 aliphatic rings. The summed E-state index contributed by atoms with van der Waals surface area (Å²) in [6.07, 6.45) is -9.17. The summed E-state index contributed by atoms with van der Waals surface area (Å²) in [6.45, 7) is 0. The summed E-state index contributed by atoms with van der Waals surface area (Å²) in [6, 6.07) is 4.72. The van der Waals surface area contributed by atoms with Crippen LogP contribution in [0.2, 0.25) is 0 Å². The van der Waals surface area contributed by atoms with Crippen LogP contribution in [0.3, 0.4) is 0 Å². The molecule has 0 amide bonds. The summed E-state index contributed by atoms with van der Waals surface area (Å²) in [5.74, 6) is 0. The van der Waals surface area contributed by atoms with Gasteiger partial charge in [0, 0.05) is 52.3 Å². The van der Waals surface area contributed by atoms with Crippen molar-refractivity contribution in [3.63, 3.8) is 0 Å². The van der Waals surface area contributed by atoms with Crippen molar-refractivity contribution in [3.05, 3.63) is 56.5 Å². The van der Waals surface area contributed by atoms with E-state index >= 15 is 0 Å². The van der Waals surface area contributed by atoms with E-state index in [0.29, 0.717) is 12.1 Å². The Hall–Kier alpha value is -0.286. The maximum absolute atomic E-state index is 12.5. The molecule has 0 fully saturated rings. The van der Waals surface area contributed by atoms with Crippen molar-refractivity contribution in [2.75, 3.05) is 14.1 Å². The summed E-state index contributed by atoms with van der Waals surface area (Å²) in [5, 5.41) is 0. The Morgan fingerprint density at radius 2 is 1.09 bits per heavy atom. The van der Waals surface area contributed by atoms with E-state index in [1.165, 1.54) is 14.1 Å². The number of rotatable bonds is 3. The van der Waals surface area contributed by atoms with E-state index in [4.69, 9.17) is 10.7 Å². The molecule has 33 heavy (non-hydrogen) atoms. The molecule has 2 aromatic rings. The summed E-state index contributed by atoms with van der Waals surface area (Å²) in [7, 11) is -0.630. The predicted octanol–water partition coefficient (Wildman–Crippen LogP) is 6.11. The van der Waals surface area contributed by atoms with Gasteiger partial charge in [0.05, 0.1) is 20.9 Å². The minimum Gasteiger partial charge on any atom is -0.207 e. The van der Waals surface area contributed by atoms with Crippen LogP contribution >= 0.6 is 42.5 Å². The largest absolute Gasteiger partial charge is 0.416 e. The van der Waals surface area contributed by atoms with Gasteiger partial charge in [-0.2, -0.15) is 26.3 Å². The van der Waals surface area contributed by atoms with Crippen molar-refractivity contribution in [2.24, 2.45) is 0 Å². The smallest absolute Gasteiger partial charge is 0.207 e. The second-order valence-electron chi connectivity index (χ2n) is 6.01. The molecule has 2 aromatic carbocycles. The van der Waals surface area contributed by atoms with E-state index < -0.39 is 52.3 Å². The van der Waals surface area contributed by atoms with Gasteiger partial charge in [0.1, 0.15) is 0 Å². The zero-order chi connectivity index (χ0) is 25.3. The van der Waals surface area contributed by atoms with Crippen molar-refractivity contribution in [1.29, 1.82) is 0 Å². The van der Waals surface area contributed by atoms with Gasteiger partial charge in [0.25, 0.3) is 9.05 Å². The molecule has 0 aliphatic carbocycles. The second kappa shape index (κ2) is 11.6. The van der Waals surface area contributed by atoms with E-state index in [1.54, 1.807) is 0 Å². The van der Waals surface area contributed by atoms with Crippen LogP contribution in [0.1, 0.15) is 11.1 Å². The van der Waals surface area contributed by atoms with Gasteiger partial charge in [-0.1, -0.05) is 0 Å². The Morgan fingerprint density at radius 1 is 0.758 bits per heavy atom. The van der Waals surface area contributed by atoms with Crippen LogP contribution < -0.4 is 0 Å². The molecule has 2 rings (SSSR count). The summed E-state index contributed by atoms with van der Waals surface area (Å²) in [4.78, 5) is -1.00. The molecule has 0 bridgehead atoms. The van der Waals surface area contributed by atoms with Crippen LogP contribution in [0.4, 0.5) is 26.3 Å². The van der Waals surface area contributed by atoms with E-state index in [2.05, 4.69) is 31.9 Å². The van der Waals surface area contributed by atoms with Gasteiger partial charge in [0.2, 0.25) is 10.0 Å². The zero-order valence-corrected chi connectivity index (χ0v) is 23.2. The first-order valence-electron chi connectivity index (χ1n) is 7.79. The summed E-state index contributed by atoms with van der Waals surface area (Å²) in [5.41, 5.74) is -2.06. The van der Waals surface area contributed by atoms with Gasteiger partial charge < -0.3 is 0 Å². The molecule has 185 valence electrons. The van der Waals surface area contributed by atoms with Crippen LogP contribution in [-0.2, 0) is 50.0 Å². The average Bonchev–Trinajstić information content (AvgIpc) is 2.59. The maximum Gasteiger partial charge on any atom is 0.416 e. The Kier molecular flexibility index (Phi) is 11.5. The minimum atomic E-state index is -4.60. The molecule has 0 saturated heterocycles. The van der Waals surface area contributed by atoms with E-state index in [1.807, 2.05) is 0 Å². The first kappa shape index (κ1) is 32.7.